The number of hydrogen-bond donors (Lipinski definition) is 1. The SMILES string of the molecule is COC1CCCCC1N[C@H](C)c1ccccc1Br. The van der Waals surface area contributed by atoms with Gasteiger partial charge >= 0.3 is 0 Å². The normalized spacial score (nSPS) is 25.9. The van der Waals surface area contributed by atoms with Crippen LogP contribution in [0.25, 0.3) is 0 Å². The monoisotopic (exact) mass is 311 g/mol. The summed E-state index contributed by atoms with van der Waals surface area (Å²) in [5.41, 5.74) is 1.32. The predicted octanol–water partition coefficient (Wildman–Crippen LogP) is 4.06. The molecule has 1 fully saturated rings. The van der Waals surface area contributed by atoms with E-state index in [0.717, 1.165) is 0 Å². The molecule has 3 atom stereocenters. The molecule has 100 valence electrons. The van der Waals surface area contributed by atoms with E-state index in [2.05, 4.69) is 52.4 Å². The molecule has 0 amide bonds. The summed E-state index contributed by atoms with van der Waals surface area (Å²) >= 11 is 3.62. The Morgan fingerprint density at radius 2 is 2.00 bits per heavy atom. The molecule has 0 radical (unpaired) electrons. The van der Waals surface area contributed by atoms with Gasteiger partial charge in [-0.3, -0.25) is 0 Å². The number of rotatable bonds is 4. The summed E-state index contributed by atoms with van der Waals surface area (Å²) < 4.78 is 6.77. The fourth-order valence-electron chi connectivity index (χ4n) is 2.81. The molecule has 0 heterocycles. The van der Waals surface area contributed by atoms with E-state index in [0.29, 0.717) is 18.2 Å². The van der Waals surface area contributed by atoms with Crippen molar-refractivity contribution in [1.29, 1.82) is 0 Å². The van der Waals surface area contributed by atoms with Crippen molar-refractivity contribution in [2.24, 2.45) is 0 Å². The van der Waals surface area contributed by atoms with E-state index < -0.39 is 0 Å². The van der Waals surface area contributed by atoms with Crippen molar-refractivity contribution in [3.63, 3.8) is 0 Å². The van der Waals surface area contributed by atoms with Crippen LogP contribution in [0, 0.1) is 0 Å². The van der Waals surface area contributed by atoms with Crippen molar-refractivity contribution >= 4 is 15.9 Å². The van der Waals surface area contributed by atoms with E-state index in [1.807, 2.05) is 7.11 Å². The maximum Gasteiger partial charge on any atom is 0.0724 e. The third-order valence-electron chi connectivity index (χ3n) is 3.84. The minimum atomic E-state index is 0.348. The second-order valence-electron chi connectivity index (χ2n) is 5.07. The average Bonchev–Trinajstić information content (AvgIpc) is 2.39. The summed E-state index contributed by atoms with van der Waals surface area (Å²) in [5, 5.41) is 3.72. The van der Waals surface area contributed by atoms with Crippen molar-refractivity contribution < 1.29 is 4.74 Å². The number of benzene rings is 1. The first-order valence-electron chi connectivity index (χ1n) is 6.75. The number of halogens is 1. The van der Waals surface area contributed by atoms with Gasteiger partial charge in [0, 0.05) is 23.7 Å². The van der Waals surface area contributed by atoms with Crippen LogP contribution < -0.4 is 5.32 Å². The summed E-state index contributed by atoms with van der Waals surface area (Å²) in [5.74, 6) is 0. The van der Waals surface area contributed by atoms with Gasteiger partial charge in [-0.05, 0) is 31.4 Å². The third kappa shape index (κ3) is 3.34. The minimum Gasteiger partial charge on any atom is -0.380 e. The zero-order valence-corrected chi connectivity index (χ0v) is 12.7. The van der Waals surface area contributed by atoms with Gasteiger partial charge in [0.15, 0.2) is 0 Å². The lowest BCUT2D eigenvalue weighted by atomic mass is 9.91. The number of hydrogen-bond acceptors (Lipinski definition) is 2. The topological polar surface area (TPSA) is 21.3 Å². The average molecular weight is 312 g/mol. The zero-order valence-electron chi connectivity index (χ0n) is 11.2. The van der Waals surface area contributed by atoms with Crippen LogP contribution in [0.4, 0.5) is 0 Å². The standard InChI is InChI=1S/C15H22BrNO/c1-11(12-7-3-4-8-13(12)16)17-14-9-5-6-10-15(14)18-2/h3-4,7-8,11,14-15,17H,5-6,9-10H2,1-2H3/t11-,14?,15?/m1/s1. The van der Waals surface area contributed by atoms with Crippen LogP contribution >= 0.6 is 15.9 Å². The zero-order chi connectivity index (χ0) is 13.0. The molecule has 0 spiro atoms. The molecule has 18 heavy (non-hydrogen) atoms. The first kappa shape index (κ1) is 14.0. The van der Waals surface area contributed by atoms with Crippen molar-refractivity contribution in [2.75, 3.05) is 7.11 Å². The Balaban J connectivity index is 2.02. The Kier molecular flexibility index (Phi) is 5.22. The lowest BCUT2D eigenvalue weighted by molar-refractivity contribution is 0.0383. The second kappa shape index (κ2) is 6.69. The van der Waals surface area contributed by atoms with Gasteiger partial charge in [0.1, 0.15) is 0 Å². The molecule has 2 nitrogen and oxygen atoms in total. The highest BCUT2D eigenvalue weighted by Crippen LogP contribution is 2.27. The first-order valence-corrected chi connectivity index (χ1v) is 7.55. The summed E-state index contributed by atoms with van der Waals surface area (Å²) in [6.07, 6.45) is 5.36. The first-order chi connectivity index (χ1) is 8.72. The van der Waals surface area contributed by atoms with Crippen LogP contribution in [-0.2, 0) is 4.74 Å². The van der Waals surface area contributed by atoms with Crippen molar-refractivity contribution in [3.8, 4) is 0 Å². The van der Waals surface area contributed by atoms with E-state index >= 15 is 0 Å². The minimum absolute atomic E-state index is 0.348. The van der Waals surface area contributed by atoms with Gasteiger partial charge in [0.05, 0.1) is 6.10 Å². The van der Waals surface area contributed by atoms with Crippen molar-refractivity contribution in [2.45, 2.75) is 50.8 Å². The summed E-state index contributed by atoms with van der Waals surface area (Å²) in [4.78, 5) is 0. The van der Waals surface area contributed by atoms with E-state index in [1.165, 1.54) is 35.7 Å². The van der Waals surface area contributed by atoms with Crippen molar-refractivity contribution in [1.82, 2.24) is 5.32 Å². The third-order valence-corrected chi connectivity index (χ3v) is 4.56. The summed E-state index contributed by atoms with van der Waals surface area (Å²) in [6.45, 7) is 2.22. The number of methoxy groups -OCH3 is 1. The molecule has 0 saturated heterocycles. The molecule has 1 N–H and O–H groups in total. The highest BCUT2D eigenvalue weighted by molar-refractivity contribution is 9.10. The van der Waals surface area contributed by atoms with Crippen LogP contribution in [0.1, 0.15) is 44.2 Å². The lowest BCUT2D eigenvalue weighted by Gasteiger charge is -2.33. The fourth-order valence-corrected chi connectivity index (χ4v) is 3.43. The van der Waals surface area contributed by atoms with Crippen LogP contribution in [0.2, 0.25) is 0 Å². The van der Waals surface area contributed by atoms with Gasteiger partial charge in [0.25, 0.3) is 0 Å². The van der Waals surface area contributed by atoms with Crippen LogP contribution in [0.5, 0.6) is 0 Å². The van der Waals surface area contributed by atoms with Gasteiger partial charge in [-0.1, -0.05) is 47.0 Å². The molecule has 1 aliphatic rings. The largest absolute Gasteiger partial charge is 0.380 e. The van der Waals surface area contributed by atoms with E-state index in [1.54, 1.807) is 0 Å². The van der Waals surface area contributed by atoms with Gasteiger partial charge < -0.3 is 10.1 Å². The highest BCUT2D eigenvalue weighted by atomic mass is 79.9. The molecule has 1 aromatic carbocycles. The quantitative estimate of drug-likeness (QED) is 0.905. The Hall–Kier alpha value is -0.380. The van der Waals surface area contributed by atoms with E-state index in [9.17, 15) is 0 Å². The Morgan fingerprint density at radius 1 is 1.28 bits per heavy atom. The summed E-state index contributed by atoms with van der Waals surface area (Å²) in [7, 11) is 1.83. The molecule has 2 unspecified atom stereocenters. The van der Waals surface area contributed by atoms with E-state index in [-0.39, 0.29) is 0 Å². The molecule has 0 aliphatic heterocycles. The Labute approximate surface area is 118 Å². The molecular weight excluding hydrogens is 290 g/mol. The van der Waals surface area contributed by atoms with Crippen molar-refractivity contribution in [3.05, 3.63) is 34.3 Å². The molecule has 0 aromatic heterocycles. The van der Waals surface area contributed by atoms with Crippen LogP contribution in [0.15, 0.2) is 28.7 Å². The van der Waals surface area contributed by atoms with Crippen LogP contribution in [0.3, 0.4) is 0 Å². The molecule has 2 rings (SSSR count). The summed E-state index contributed by atoms with van der Waals surface area (Å²) in [6, 6.07) is 9.24. The van der Waals surface area contributed by atoms with E-state index in [4.69, 9.17) is 4.74 Å². The Bertz CT molecular complexity index is 383. The number of nitrogens with one attached hydrogen (secondary N) is 1. The molecule has 0 bridgehead atoms. The highest BCUT2D eigenvalue weighted by Gasteiger charge is 2.26. The maximum absolute atomic E-state index is 5.60. The number of ether oxygens (including phenoxy) is 1. The molecule has 3 heteroatoms. The fraction of sp³-hybridized carbons (Fsp3) is 0.600. The smallest absolute Gasteiger partial charge is 0.0724 e. The van der Waals surface area contributed by atoms with Gasteiger partial charge in [-0.25, -0.2) is 0 Å². The molecule has 1 saturated carbocycles. The van der Waals surface area contributed by atoms with Gasteiger partial charge in [0.2, 0.25) is 0 Å². The lowest BCUT2D eigenvalue weighted by Crippen LogP contribution is -2.44. The molecular formula is C15H22BrNO. The van der Waals surface area contributed by atoms with Gasteiger partial charge in [-0.2, -0.15) is 0 Å². The second-order valence-corrected chi connectivity index (χ2v) is 5.93. The molecule has 1 aliphatic carbocycles. The molecule has 1 aromatic rings. The predicted molar refractivity (Wildman–Crippen MR) is 78.7 cm³/mol. The van der Waals surface area contributed by atoms with Crippen LogP contribution in [-0.4, -0.2) is 19.3 Å². The van der Waals surface area contributed by atoms with Gasteiger partial charge in [-0.15, -0.1) is 0 Å². The maximum atomic E-state index is 5.60. The Morgan fingerprint density at radius 3 is 2.72 bits per heavy atom.